The minimum Gasteiger partial charge on any atom is -0.491 e. The Morgan fingerprint density at radius 3 is 2.76 bits per heavy atom. The Labute approximate surface area is 126 Å². The molecule has 0 aromatic heterocycles. The second kappa shape index (κ2) is 4.25. The Morgan fingerprint density at radius 2 is 2.10 bits per heavy atom. The molecule has 1 saturated heterocycles. The van der Waals surface area contributed by atoms with Crippen molar-refractivity contribution in [1.82, 2.24) is 0 Å². The molecule has 0 aromatic rings. The topological polar surface area (TPSA) is 44.8 Å². The molecule has 3 rings (SSSR count). The van der Waals surface area contributed by atoms with Crippen molar-refractivity contribution in [2.45, 2.75) is 70.7 Å². The molecular weight excluding hydrogens is 268 g/mol. The fourth-order valence-corrected chi connectivity index (χ4v) is 4.61. The zero-order valence-corrected chi connectivity index (χ0v) is 13.7. The van der Waals surface area contributed by atoms with Crippen LogP contribution in [0.25, 0.3) is 0 Å². The SMILES string of the molecule is CC(=O)OC(C)(C)[C@H]1CC[C@@]2(C)OC[C@]3(C)C=CO[C@@]32C1. The van der Waals surface area contributed by atoms with Crippen LogP contribution in [-0.2, 0) is 19.0 Å². The molecule has 0 bridgehead atoms. The van der Waals surface area contributed by atoms with Gasteiger partial charge in [0, 0.05) is 12.8 Å². The van der Waals surface area contributed by atoms with Crippen LogP contribution in [0.2, 0.25) is 0 Å². The van der Waals surface area contributed by atoms with E-state index in [1.807, 2.05) is 20.1 Å². The first kappa shape index (κ1) is 14.9. The quantitative estimate of drug-likeness (QED) is 0.734. The first-order valence-electron chi connectivity index (χ1n) is 7.83. The molecule has 2 aliphatic heterocycles. The second-order valence-corrected chi connectivity index (χ2v) is 7.82. The van der Waals surface area contributed by atoms with Gasteiger partial charge in [-0.3, -0.25) is 4.79 Å². The minimum absolute atomic E-state index is 0.0906. The van der Waals surface area contributed by atoms with Crippen molar-refractivity contribution >= 4 is 5.97 Å². The van der Waals surface area contributed by atoms with E-state index in [2.05, 4.69) is 19.9 Å². The van der Waals surface area contributed by atoms with E-state index in [9.17, 15) is 4.79 Å². The van der Waals surface area contributed by atoms with Gasteiger partial charge in [0.25, 0.3) is 0 Å². The van der Waals surface area contributed by atoms with Crippen molar-refractivity contribution in [3.63, 3.8) is 0 Å². The van der Waals surface area contributed by atoms with Crippen LogP contribution in [0.1, 0.15) is 53.9 Å². The second-order valence-electron chi connectivity index (χ2n) is 7.82. The third-order valence-corrected chi connectivity index (χ3v) is 6.07. The van der Waals surface area contributed by atoms with Gasteiger partial charge < -0.3 is 14.2 Å². The van der Waals surface area contributed by atoms with Gasteiger partial charge in [0.1, 0.15) is 16.8 Å². The van der Waals surface area contributed by atoms with Gasteiger partial charge in [-0.2, -0.15) is 0 Å². The molecule has 1 spiro atoms. The van der Waals surface area contributed by atoms with Gasteiger partial charge >= 0.3 is 5.97 Å². The summed E-state index contributed by atoms with van der Waals surface area (Å²) in [5.41, 5.74) is -1.15. The van der Waals surface area contributed by atoms with Crippen molar-refractivity contribution in [3.05, 3.63) is 12.3 Å². The van der Waals surface area contributed by atoms with Crippen molar-refractivity contribution in [3.8, 4) is 0 Å². The van der Waals surface area contributed by atoms with Gasteiger partial charge in [0.05, 0.1) is 18.3 Å². The number of carbonyl (C=O) groups is 1. The average Bonchev–Trinajstić information content (AvgIpc) is 2.78. The molecular formula is C17H26O4. The molecule has 4 nitrogen and oxygen atoms in total. The maximum atomic E-state index is 11.4. The minimum atomic E-state index is -0.475. The Bertz CT molecular complexity index is 497. The number of carbonyl (C=O) groups excluding carboxylic acids is 1. The van der Waals surface area contributed by atoms with E-state index < -0.39 is 5.60 Å². The van der Waals surface area contributed by atoms with Gasteiger partial charge in [-0.1, -0.05) is 0 Å². The summed E-state index contributed by atoms with van der Waals surface area (Å²) in [4.78, 5) is 11.4. The molecule has 118 valence electrons. The Kier molecular flexibility index (Phi) is 3.01. The highest BCUT2D eigenvalue weighted by Gasteiger charge is 2.70. The molecule has 0 N–H and O–H groups in total. The zero-order chi connectivity index (χ0) is 15.5. The highest BCUT2D eigenvalue weighted by Crippen LogP contribution is 2.62. The third-order valence-electron chi connectivity index (χ3n) is 6.07. The summed E-state index contributed by atoms with van der Waals surface area (Å²) in [7, 11) is 0. The molecule has 1 saturated carbocycles. The third kappa shape index (κ3) is 1.88. The van der Waals surface area contributed by atoms with E-state index in [0.29, 0.717) is 6.61 Å². The summed E-state index contributed by atoms with van der Waals surface area (Å²) in [5.74, 6) is 0.0529. The lowest BCUT2D eigenvalue weighted by Crippen LogP contribution is -2.61. The molecule has 4 heteroatoms. The summed E-state index contributed by atoms with van der Waals surface area (Å²) in [6, 6.07) is 0. The van der Waals surface area contributed by atoms with E-state index in [1.54, 1.807) is 0 Å². The molecule has 2 fully saturated rings. The van der Waals surface area contributed by atoms with Gasteiger partial charge in [-0.05, 0) is 53.0 Å². The maximum Gasteiger partial charge on any atom is 0.303 e. The predicted molar refractivity (Wildman–Crippen MR) is 78.6 cm³/mol. The number of rotatable bonds is 2. The summed E-state index contributed by atoms with van der Waals surface area (Å²) in [5, 5.41) is 0. The first-order chi connectivity index (χ1) is 9.64. The lowest BCUT2D eigenvalue weighted by Gasteiger charge is -2.52. The van der Waals surface area contributed by atoms with Gasteiger partial charge in [-0.25, -0.2) is 0 Å². The Morgan fingerprint density at radius 1 is 1.38 bits per heavy atom. The summed E-state index contributed by atoms with van der Waals surface area (Å²) in [6.07, 6.45) is 6.74. The summed E-state index contributed by atoms with van der Waals surface area (Å²) < 4.78 is 17.9. The fourth-order valence-electron chi connectivity index (χ4n) is 4.61. The fraction of sp³-hybridized carbons (Fsp3) is 0.824. The van der Waals surface area contributed by atoms with Crippen LogP contribution in [0, 0.1) is 11.3 Å². The number of hydrogen-bond acceptors (Lipinski definition) is 4. The van der Waals surface area contributed by atoms with Gasteiger partial charge in [0.2, 0.25) is 0 Å². The molecule has 0 radical (unpaired) electrons. The molecule has 2 heterocycles. The van der Waals surface area contributed by atoms with Gasteiger partial charge in [0.15, 0.2) is 0 Å². The molecule has 0 unspecified atom stereocenters. The van der Waals surface area contributed by atoms with Crippen molar-refractivity contribution in [1.29, 1.82) is 0 Å². The monoisotopic (exact) mass is 294 g/mol. The van der Waals surface area contributed by atoms with E-state index in [-0.39, 0.29) is 28.5 Å². The lowest BCUT2D eigenvalue weighted by molar-refractivity contribution is -0.189. The molecule has 3 aliphatic rings. The lowest BCUT2D eigenvalue weighted by atomic mass is 9.57. The van der Waals surface area contributed by atoms with E-state index in [4.69, 9.17) is 14.2 Å². The molecule has 21 heavy (non-hydrogen) atoms. The van der Waals surface area contributed by atoms with Crippen molar-refractivity contribution in [2.75, 3.05) is 6.61 Å². The van der Waals surface area contributed by atoms with E-state index in [1.165, 1.54) is 6.92 Å². The van der Waals surface area contributed by atoms with Crippen LogP contribution < -0.4 is 0 Å². The number of hydrogen-bond donors (Lipinski definition) is 0. The average molecular weight is 294 g/mol. The molecule has 4 atom stereocenters. The maximum absolute atomic E-state index is 11.4. The largest absolute Gasteiger partial charge is 0.491 e. The normalized spacial score (nSPS) is 44.9. The van der Waals surface area contributed by atoms with Crippen LogP contribution in [0.15, 0.2) is 12.3 Å². The molecule has 0 aromatic carbocycles. The zero-order valence-electron chi connectivity index (χ0n) is 13.7. The molecule has 1 aliphatic carbocycles. The van der Waals surface area contributed by atoms with Gasteiger partial charge in [-0.15, -0.1) is 0 Å². The van der Waals surface area contributed by atoms with Crippen LogP contribution >= 0.6 is 0 Å². The number of ether oxygens (including phenoxy) is 3. The van der Waals surface area contributed by atoms with Crippen LogP contribution in [0.5, 0.6) is 0 Å². The van der Waals surface area contributed by atoms with Crippen LogP contribution in [0.4, 0.5) is 0 Å². The van der Waals surface area contributed by atoms with E-state index in [0.717, 1.165) is 19.3 Å². The smallest absolute Gasteiger partial charge is 0.303 e. The molecule has 0 amide bonds. The summed E-state index contributed by atoms with van der Waals surface area (Å²) >= 11 is 0. The first-order valence-corrected chi connectivity index (χ1v) is 7.83. The predicted octanol–water partition coefficient (Wildman–Crippen LogP) is 3.21. The number of esters is 1. The summed E-state index contributed by atoms with van der Waals surface area (Å²) in [6.45, 7) is 10.6. The standard InChI is InChI=1S/C17H26O4/c1-12(18)21-14(2,3)13-6-7-16(5)17(10-13)15(4,11-20-16)8-9-19-17/h8-9,13H,6-7,10-11H2,1-5H3/t13-,15-,16+,17-/m0/s1. The Hall–Kier alpha value is -1.03. The van der Waals surface area contributed by atoms with Crippen molar-refractivity contribution in [2.24, 2.45) is 11.3 Å². The van der Waals surface area contributed by atoms with E-state index >= 15 is 0 Å². The van der Waals surface area contributed by atoms with Crippen molar-refractivity contribution < 1.29 is 19.0 Å². The Balaban J connectivity index is 1.90. The highest BCUT2D eigenvalue weighted by molar-refractivity contribution is 5.66. The van der Waals surface area contributed by atoms with Crippen LogP contribution in [0.3, 0.4) is 0 Å². The van der Waals surface area contributed by atoms with Crippen LogP contribution in [-0.4, -0.2) is 29.4 Å². The highest BCUT2D eigenvalue weighted by atomic mass is 16.6.